The number of aromatic amines is 1. The van der Waals surface area contributed by atoms with Gasteiger partial charge in [-0.15, -0.1) is 0 Å². The molecule has 1 aromatic carbocycles. The Morgan fingerprint density at radius 2 is 2.18 bits per heavy atom. The van der Waals surface area contributed by atoms with Gasteiger partial charge in [0.2, 0.25) is 5.91 Å². The molecule has 1 atom stereocenters. The summed E-state index contributed by atoms with van der Waals surface area (Å²) >= 11 is 0. The molecule has 22 heavy (non-hydrogen) atoms. The first-order valence-corrected chi connectivity index (χ1v) is 7.14. The molecule has 1 aromatic heterocycles. The number of amides is 2. The smallest absolute Gasteiger partial charge is 0.250 e. The van der Waals surface area contributed by atoms with E-state index in [1.165, 1.54) is 6.08 Å². The molecule has 5 nitrogen and oxygen atoms in total. The third kappa shape index (κ3) is 2.41. The molecule has 2 amide bonds. The minimum absolute atomic E-state index is 0.192. The average Bonchev–Trinajstić information content (AvgIpc) is 3.14. The quantitative estimate of drug-likeness (QED) is 0.756. The third-order valence-electron chi connectivity index (χ3n) is 4.02. The topological polar surface area (TPSA) is 88.0 Å². The van der Waals surface area contributed by atoms with Crippen molar-refractivity contribution < 1.29 is 9.59 Å². The molecule has 0 bridgehead atoms. The monoisotopic (exact) mass is 295 g/mol. The first-order valence-electron chi connectivity index (χ1n) is 7.14. The number of aromatic nitrogens is 1. The fraction of sp³-hybridized carbons (Fsp3) is 0.176. The van der Waals surface area contributed by atoms with Crippen molar-refractivity contribution in [1.82, 2.24) is 10.3 Å². The van der Waals surface area contributed by atoms with Crippen LogP contribution in [0.1, 0.15) is 34.7 Å². The van der Waals surface area contributed by atoms with Crippen LogP contribution in [0.5, 0.6) is 0 Å². The van der Waals surface area contributed by atoms with Gasteiger partial charge in [0, 0.05) is 23.2 Å². The predicted molar refractivity (Wildman–Crippen MR) is 85.2 cm³/mol. The molecule has 5 heteroatoms. The van der Waals surface area contributed by atoms with Crippen LogP contribution in [0, 0.1) is 0 Å². The predicted octanol–water partition coefficient (Wildman–Crippen LogP) is 2.33. The van der Waals surface area contributed by atoms with E-state index in [2.05, 4.69) is 23.0 Å². The lowest BCUT2D eigenvalue weighted by Gasteiger charge is -2.11. The number of nitrogens with two attached hydrogens (primary N) is 1. The highest BCUT2D eigenvalue weighted by atomic mass is 16.1. The van der Waals surface area contributed by atoms with Crippen molar-refractivity contribution in [2.45, 2.75) is 18.8 Å². The number of rotatable bonds is 4. The lowest BCUT2D eigenvalue weighted by molar-refractivity contribution is -0.115. The van der Waals surface area contributed by atoms with Crippen LogP contribution in [0.15, 0.2) is 48.8 Å². The van der Waals surface area contributed by atoms with Gasteiger partial charge in [-0.05, 0) is 36.6 Å². The zero-order chi connectivity index (χ0) is 15.7. The van der Waals surface area contributed by atoms with E-state index in [9.17, 15) is 9.59 Å². The highest BCUT2D eigenvalue weighted by Gasteiger charge is 2.21. The Kier molecular flexibility index (Phi) is 3.55. The van der Waals surface area contributed by atoms with Crippen molar-refractivity contribution in [3.63, 3.8) is 0 Å². The fourth-order valence-corrected chi connectivity index (χ4v) is 2.99. The first-order chi connectivity index (χ1) is 10.6. The minimum Gasteiger partial charge on any atom is -0.366 e. The number of carbonyl (C=O) groups is 2. The van der Waals surface area contributed by atoms with Gasteiger partial charge < -0.3 is 16.0 Å². The number of nitrogens with one attached hydrogen (secondary N) is 2. The molecule has 0 saturated heterocycles. The summed E-state index contributed by atoms with van der Waals surface area (Å²) < 4.78 is 0. The molecule has 112 valence electrons. The maximum Gasteiger partial charge on any atom is 0.250 e. The Morgan fingerprint density at radius 3 is 2.91 bits per heavy atom. The summed E-state index contributed by atoms with van der Waals surface area (Å²) in [4.78, 5) is 25.9. The number of benzene rings is 1. The molecular formula is C17H17N3O2. The standard InChI is InChI=1S/C17H17N3O2/c1-2-15(21)20-11-4-3-10(9-11)12-5-6-14(17(18)22)16-13(12)7-8-19-16/h2,5-10,19H,1,3-4H2,(H2,18,22)(H,20,21). The molecule has 0 radical (unpaired) electrons. The molecular weight excluding hydrogens is 278 g/mol. The van der Waals surface area contributed by atoms with E-state index in [1.54, 1.807) is 12.3 Å². The third-order valence-corrected chi connectivity index (χ3v) is 4.02. The maximum absolute atomic E-state index is 11.5. The van der Waals surface area contributed by atoms with Crippen molar-refractivity contribution in [1.29, 1.82) is 0 Å². The van der Waals surface area contributed by atoms with Gasteiger partial charge in [0.05, 0.1) is 11.1 Å². The van der Waals surface area contributed by atoms with E-state index in [0.717, 1.165) is 35.0 Å². The molecule has 1 heterocycles. The van der Waals surface area contributed by atoms with Gasteiger partial charge in [0.1, 0.15) is 0 Å². The molecule has 1 aliphatic rings. The van der Waals surface area contributed by atoms with Crippen LogP contribution in [-0.4, -0.2) is 16.8 Å². The van der Waals surface area contributed by atoms with Crippen LogP contribution in [0.4, 0.5) is 0 Å². The van der Waals surface area contributed by atoms with E-state index in [0.29, 0.717) is 5.56 Å². The summed E-state index contributed by atoms with van der Waals surface area (Å²) in [5.74, 6) is -0.428. The fourth-order valence-electron chi connectivity index (χ4n) is 2.99. The van der Waals surface area contributed by atoms with E-state index < -0.39 is 5.91 Å². The highest BCUT2D eigenvalue weighted by molar-refractivity contribution is 6.06. The van der Waals surface area contributed by atoms with Crippen LogP contribution in [0.25, 0.3) is 10.9 Å². The van der Waals surface area contributed by atoms with Crippen LogP contribution in [0.2, 0.25) is 0 Å². The molecule has 2 aromatic rings. The zero-order valence-corrected chi connectivity index (χ0v) is 12.1. The van der Waals surface area contributed by atoms with Gasteiger partial charge in [-0.3, -0.25) is 9.59 Å². The van der Waals surface area contributed by atoms with Gasteiger partial charge in [-0.2, -0.15) is 0 Å². The zero-order valence-electron chi connectivity index (χ0n) is 12.1. The number of fused-ring (bicyclic) bond motifs is 1. The lowest BCUT2D eigenvalue weighted by Crippen LogP contribution is -2.18. The molecule has 1 aliphatic carbocycles. The number of primary amides is 1. The Labute approximate surface area is 127 Å². The molecule has 3 rings (SSSR count). The van der Waals surface area contributed by atoms with Gasteiger partial charge in [0.15, 0.2) is 0 Å². The summed E-state index contributed by atoms with van der Waals surface area (Å²) in [6.07, 6.45) is 6.86. The molecule has 0 spiro atoms. The summed E-state index contributed by atoms with van der Waals surface area (Å²) in [6.45, 7) is 3.45. The van der Waals surface area contributed by atoms with Crippen molar-refractivity contribution in [2.75, 3.05) is 0 Å². The van der Waals surface area contributed by atoms with Crippen molar-refractivity contribution in [3.05, 3.63) is 60.0 Å². The number of allylic oxidation sites excluding steroid dienone is 2. The SMILES string of the molecule is C=CC(=O)NC1=CC(c2ccc(C(N)=O)c3[nH]ccc23)CC1. The summed E-state index contributed by atoms with van der Waals surface area (Å²) in [7, 11) is 0. The molecule has 0 aliphatic heterocycles. The molecule has 0 fully saturated rings. The van der Waals surface area contributed by atoms with Gasteiger partial charge in [-0.1, -0.05) is 18.7 Å². The van der Waals surface area contributed by atoms with E-state index in [1.807, 2.05) is 12.1 Å². The second-order valence-electron chi connectivity index (χ2n) is 5.36. The van der Waals surface area contributed by atoms with E-state index in [4.69, 9.17) is 5.73 Å². The van der Waals surface area contributed by atoms with Crippen molar-refractivity contribution >= 4 is 22.7 Å². The van der Waals surface area contributed by atoms with Gasteiger partial charge in [-0.25, -0.2) is 0 Å². The molecule has 0 saturated carbocycles. The van der Waals surface area contributed by atoms with Gasteiger partial charge >= 0.3 is 0 Å². The van der Waals surface area contributed by atoms with Crippen molar-refractivity contribution in [3.8, 4) is 0 Å². The van der Waals surface area contributed by atoms with Gasteiger partial charge in [0.25, 0.3) is 5.91 Å². The van der Waals surface area contributed by atoms with Crippen LogP contribution in [-0.2, 0) is 4.79 Å². The number of hydrogen-bond donors (Lipinski definition) is 3. The lowest BCUT2D eigenvalue weighted by atomic mass is 9.93. The Morgan fingerprint density at radius 1 is 1.36 bits per heavy atom. The number of hydrogen-bond acceptors (Lipinski definition) is 2. The minimum atomic E-state index is -0.445. The summed E-state index contributed by atoms with van der Waals surface area (Å²) in [5, 5.41) is 3.82. The van der Waals surface area contributed by atoms with Crippen LogP contribution < -0.4 is 11.1 Å². The highest BCUT2D eigenvalue weighted by Crippen LogP contribution is 2.36. The first kappa shape index (κ1) is 14.1. The number of carbonyl (C=O) groups excluding carboxylic acids is 2. The Hall–Kier alpha value is -2.82. The number of H-pyrrole nitrogens is 1. The maximum atomic E-state index is 11.5. The second-order valence-corrected chi connectivity index (χ2v) is 5.36. The molecule has 4 N–H and O–H groups in total. The average molecular weight is 295 g/mol. The second kappa shape index (κ2) is 5.52. The van der Waals surface area contributed by atoms with Crippen LogP contribution >= 0.6 is 0 Å². The molecule has 1 unspecified atom stereocenters. The Balaban J connectivity index is 1.97. The van der Waals surface area contributed by atoms with Crippen LogP contribution in [0.3, 0.4) is 0 Å². The van der Waals surface area contributed by atoms with Crippen molar-refractivity contribution in [2.24, 2.45) is 5.73 Å². The summed E-state index contributed by atoms with van der Waals surface area (Å²) in [6, 6.07) is 5.64. The normalized spacial score (nSPS) is 17.3. The van der Waals surface area contributed by atoms with E-state index in [-0.39, 0.29) is 11.8 Å². The largest absolute Gasteiger partial charge is 0.366 e. The van der Waals surface area contributed by atoms with E-state index >= 15 is 0 Å². The summed E-state index contributed by atoms with van der Waals surface area (Å²) in [5.41, 5.74) is 8.71. The Bertz CT molecular complexity index is 801.